The van der Waals surface area contributed by atoms with Gasteiger partial charge in [0.2, 0.25) is 11.8 Å². The summed E-state index contributed by atoms with van der Waals surface area (Å²) >= 11 is 0. The van der Waals surface area contributed by atoms with E-state index in [1.807, 2.05) is 0 Å². The molecule has 0 aliphatic carbocycles. The maximum Gasteiger partial charge on any atom is 0.326 e. The number of aromatic hydroxyl groups is 1. The van der Waals surface area contributed by atoms with Gasteiger partial charge in [0.25, 0.3) is 0 Å². The van der Waals surface area contributed by atoms with Crippen LogP contribution in [0.1, 0.15) is 18.4 Å². The fourth-order valence-corrected chi connectivity index (χ4v) is 2.13. The van der Waals surface area contributed by atoms with Gasteiger partial charge >= 0.3 is 11.9 Å². The lowest BCUT2D eigenvalue weighted by molar-refractivity contribution is -0.143. The molecule has 0 saturated heterocycles. The van der Waals surface area contributed by atoms with Crippen molar-refractivity contribution in [1.29, 1.82) is 0 Å². The van der Waals surface area contributed by atoms with E-state index in [-0.39, 0.29) is 25.1 Å². The number of hydrogen-bond acceptors (Lipinski definition) is 6. The van der Waals surface area contributed by atoms with Crippen LogP contribution in [0.4, 0.5) is 0 Å². The van der Waals surface area contributed by atoms with Gasteiger partial charge in [-0.2, -0.15) is 0 Å². The molecule has 1 aromatic carbocycles. The number of aliphatic carboxylic acids is 2. The summed E-state index contributed by atoms with van der Waals surface area (Å²) < 4.78 is 0. The molecule has 0 heterocycles. The Morgan fingerprint density at radius 3 is 2.12 bits per heavy atom. The third-order valence-corrected chi connectivity index (χ3v) is 3.47. The van der Waals surface area contributed by atoms with Gasteiger partial charge in [-0.15, -0.1) is 0 Å². The van der Waals surface area contributed by atoms with Gasteiger partial charge in [0.15, 0.2) is 0 Å². The smallest absolute Gasteiger partial charge is 0.326 e. The number of hydrogen-bond donors (Lipinski definition) is 6. The molecule has 1 aromatic rings. The van der Waals surface area contributed by atoms with E-state index < -0.39 is 42.3 Å². The monoisotopic (exact) mass is 367 g/mol. The number of carboxylic acids is 2. The molecule has 2 unspecified atom stereocenters. The zero-order valence-electron chi connectivity index (χ0n) is 13.8. The first-order valence-corrected chi connectivity index (χ1v) is 7.75. The number of rotatable bonds is 10. The second-order valence-electron chi connectivity index (χ2n) is 5.53. The lowest BCUT2D eigenvalue weighted by Crippen LogP contribution is -2.53. The van der Waals surface area contributed by atoms with E-state index in [2.05, 4.69) is 10.6 Å². The maximum absolute atomic E-state index is 12.4. The predicted molar refractivity (Wildman–Crippen MR) is 89.2 cm³/mol. The minimum Gasteiger partial charge on any atom is -0.508 e. The molecule has 0 aliphatic rings. The molecule has 0 aromatic heterocycles. The predicted octanol–water partition coefficient (Wildman–Crippen LogP) is -1.19. The van der Waals surface area contributed by atoms with Crippen molar-refractivity contribution in [1.82, 2.24) is 10.6 Å². The van der Waals surface area contributed by atoms with Crippen molar-refractivity contribution in [3.05, 3.63) is 29.8 Å². The van der Waals surface area contributed by atoms with Crippen molar-refractivity contribution < 1.29 is 34.5 Å². The highest BCUT2D eigenvalue weighted by molar-refractivity contribution is 5.91. The summed E-state index contributed by atoms with van der Waals surface area (Å²) in [5.74, 6) is -3.94. The Bertz CT molecular complexity index is 660. The van der Waals surface area contributed by atoms with E-state index in [1.54, 1.807) is 12.1 Å². The molecule has 0 fully saturated rings. The first kappa shape index (κ1) is 20.9. The highest BCUT2D eigenvalue weighted by Crippen LogP contribution is 2.12. The third kappa shape index (κ3) is 7.18. The van der Waals surface area contributed by atoms with E-state index in [0.717, 1.165) is 0 Å². The van der Waals surface area contributed by atoms with E-state index in [1.165, 1.54) is 12.1 Å². The summed E-state index contributed by atoms with van der Waals surface area (Å²) in [6.07, 6.45) is -0.703. The van der Waals surface area contributed by atoms with Crippen LogP contribution < -0.4 is 16.4 Å². The highest BCUT2D eigenvalue weighted by atomic mass is 16.4. The highest BCUT2D eigenvalue weighted by Gasteiger charge is 2.27. The van der Waals surface area contributed by atoms with Crippen LogP contribution in [0.5, 0.6) is 5.75 Å². The van der Waals surface area contributed by atoms with Crippen molar-refractivity contribution in [2.45, 2.75) is 31.3 Å². The maximum atomic E-state index is 12.4. The molecule has 10 heteroatoms. The number of phenolic OH excluding ortho intramolecular Hbond substituents is 1. The Morgan fingerprint density at radius 1 is 1.00 bits per heavy atom. The average Bonchev–Trinajstić information content (AvgIpc) is 2.58. The number of phenols is 1. The molecule has 26 heavy (non-hydrogen) atoms. The van der Waals surface area contributed by atoms with Gasteiger partial charge in [0.1, 0.15) is 17.8 Å². The number of amides is 2. The number of nitrogens with two attached hydrogens (primary N) is 1. The van der Waals surface area contributed by atoms with E-state index in [9.17, 15) is 24.3 Å². The molecular weight excluding hydrogens is 346 g/mol. The van der Waals surface area contributed by atoms with Crippen LogP contribution in [-0.2, 0) is 25.6 Å². The van der Waals surface area contributed by atoms with E-state index in [0.29, 0.717) is 5.56 Å². The molecular formula is C16H21N3O7. The summed E-state index contributed by atoms with van der Waals surface area (Å²) in [7, 11) is 0. The lowest BCUT2D eigenvalue weighted by atomic mass is 10.0. The van der Waals surface area contributed by atoms with E-state index in [4.69, 9.17) is 15.9 Å². The fraction of sp³-hybridized carbons (Fsp3) is 0.375. The van der Waals surface area contributed by atoms with Gasteiger partial charge in [0, 0.05) is 12.8 Å². The molecule has 2 atom stereocenters. The Labute approximate surface area is 149 Å². The second-order valence-corrected chi connectivity index (χ2v) is 5.53. The van der Waals surface area contributed by atoms with Crippen LogP contribution in [0.2, 0.25) is 0 Å². The number of carbonyl (C=O) groups excluding carboxylic acids is 2. The van der Waals surface area contributed by atoms with Crippen LogP contribution >= 0.6 is 0 Å². The normalized spacial score (nSPS) is 12.7. The number of carbonyl (C=O) groups is 4. The average molecular weight is 367 g/mol. The van der Waals surface area contributed by atoms with Crippen molar-refractivity contribution in [3.8, 4) is 5.75 Å². The summed E-state index contributed by atoms with van der Waals surface area (Å²) in [5, 5.41) is 31.7. The zero-order chi connectivity index (χ0) is 19.7. The molecule has 1 rings (SSSR count). The fourth-order valence-electron chi connectivity index (χ4n) is 2.13. The van der Waals surface area contributed by atoms with Crippen molar-refractivity contribution in [2.75, 3.05) is 6.54 Å². The van der Waals surface area contributed by atoms with Crippen molar-refractivity contribution in [3.63, 3.8) is 0 Å². The van der Waals surface area contributed by atoms with Crippen LogP contribution in [0, 0.1) is 0 Å². The number of carboxylic acid groups (broad SMARTS) is 2. The third-order valence-electron chi connectivity index (χ3n) is 3.47. The first-order chi connectivity index (χ1) is 12.2. The number of benzene rings is 1. The SMILES string of the molecule is NCC(=O)NC(Cc1ccc(O)cc1)C(=O)NC(CCC(=O)O)C(=O)O. The molecule has 0 bridgehead atoms. The Kier molecular flexibility index (Phi) is 8.03. The van der Waals surface area contributed by atoms with Gasteiger partial charge in [-0.05, 0) is 24.1 Å². The Hall–Kier alpha value is -3.14. The Balaban J connectivity index is 2.87. The molecule has 0 radical (unpaired) electrons. The molecule has 142 valence electrons. The topological polar surface area (TPSA) is 179 Å². The van der Waals surface area contributed by atoms with Crippen molar-refractivity contribution >= 4 is 23.8 Å². The molecule has 0 spiro atoms. The van der Waals surface area contributed by atoms with Crippen LogP contribution in [0.3, 0.4) is 0 Å². The minimum absolute atomic E-state index is 0.0281. The van der Waals surface area contributed by atoms with Crippen LogP contribution in [0.15, 0.2) is 24.3 Å². The molecule has 7 N–H and O–H groups in total. The van der Waals surface area contributed by atoms with Crippen LogP contribution in [-0.4, -0.2) is 57.7 Å². The van der Waals surface area contributed by atoms with Crippen LogP contribution in [0.25, 0.3) is 0 Å². The standard InChI is InChI=1S/C16H21N3O7/c17-8-13(21)18-12(7-9-1-3-10(20)4-2-9)15(24)19-11(16(25)26)5-6-14(22)23/h1-4,11-12,20H,5-8,17H2,(H,18,21)(H,19,24)(H,22,23)(H,25,26). The zero-order valence-corrected chi connectivity index (χ0v) is 13.8. The summed E-state index contributed by atoms with van der Waals surface area (Å²) in [4.78, 5) is 45.8. The second kappa shape index (κ2) is 9.99. The minimum atomic E-state index is -1.41. The number of nitrogens with one attached hydrogen (secondary N) is 2. The molecule has 0 saturated carbocycles. The first-order valence-electron chi connectivity index (χ1n) is 7.75. The summed E-state index contributed by atoms with van der Waals surface area (Å²) in [5.41, 5.74) is 5.84. The molecule has 0 aliphatic heterocycles. The van der Waals surface area contributed by atoms with Gasteiger partial charge in [-0.25, -0.2) is 4.79 Å². The van der Waals surface area contributed by atoms with E-state index >= 15 is 0 Å². The van der Waals surface area contributed by atoms with Gasteiger partial charge in [-0.3, -0.25) is 14.4 Å². The largest absolute Gasteiger partial charge is 0.508 e. The molecule has 2 amide bonds. The lowest BCUT2D eigenvalue weighted by Gasteiger charge is -2.21. The van der Waals surface area contributed by atoms with Gasteiger partial charge in [0.05, 0.1) is 6.54 Å². The van der Waals surface area contributed by atoms with Crippen molar-refractivity contribution in [2.24, 2.45) is 5.73 Å². The quantitative estimate of drug-likeness (QED) is 0.299. The summed E-state index contributed by atoms with van der Waals surface area (Å²) in [6.45, 7) is -0.360. The Morgan fingerprint density at radius 2 is 1.62 bits per heavy atom. The molecule has 10 nitrogen and oxygen atoms in total. The van der Waals surface area contributed by atoms with Gasteiger partial charge < -0.3 is 31.7 Å². The summed E-state index contributed by atoms with van der Waals surface area (Å²) in [6, 6.07) is 3.38. The van der Waals surface area contributed by atoms with Gasteiger partial charge in [-0.1, -0.05) is 12.1 Å².